The summed E-state index contributed by atoms with van der Waals surface area (Å²) in [5, 5.41) is 4.66. The van der Waals surface area contributed by atoms with Crippen LogP contribution in [0.5, 0.6) is 0 Å². The van der Waals surface area contributed by atoms with Crippen molar-refractivity contribution < 1.29 is 9.53 Å². The molecule has 1 unspecified atom stereocenters. The first-order chi connectivity index (χ1) is 6.63. The zero-order valence-electron chi connectivity index (χ0n) is 8.11. The van der Waals surface area contributed by atoms with Crippen molar-refractivity contribution in [1.29, 1.82) is 0 Å². The summed E-state index contributed by atoms with van der Waals surface area (Å²) in [5.41, 5.74) is 0. The number of thiol groups is 1. The number of carbonyl (C=O) groups excluding carboxylic acids is 1. The molecule has 1 heterocycles. The van der Waals surface area contributed by atoms with Crippen LogP contribution in [0.25, 0.3) is 0 Å². The molecule has 1 aromatic heterocycles. The number of nitrogens with one attached hydrogen (secondary N) is 1. The zero-order valence-corrected chi connectivity index (χ0v) is 9.82. The Morgan fingerprint density at radius 3 is 3.00 bits per heavy atom. The molecule has 78 valence electrons. The third-order valence-corrected chi connectivity index (χ3v) is 2.97. The monoisotopic (exact) mass is 231 g/mol. The Kier molecular flexibility index (Phi) is 4.44. The predicted octanol–water partition coefficient (Wildman–Crippen LogP) is 1.80. The van der Waals surface area contributed by atoms with Gasteiger partial charge in [0, 0.05) is 23.4 Å². The van der Waals surface area contributed by atoms with Gasteiger partial charge >= 0.3 is 0 Å². The molecule has 1 atom stereocenters. The minimum Gasteiger partial charge on any atom is -0.383 e. The van der Waals surface area contributed by atoms with E-state index in [2.05, 4.69) is 17.9 Å². The highest BCUT2D eigenvalue weighted by Crippen LogP contribution is 2.17. The Bertz CT molecular complexity index is 312. The number of ether oxygens (including phenoxy) is 1. The van der Waals surface area contributed by atoms with E-state index < -0.39 is 0 Å². The average Bonchev–Trinajstić information content (AvgIpc) is 2.52. The Balaban J connectivity index is 2.50. The van der Waals surface area contributed by atoms with E-state index in [0.717, 1.165) is 4.90 Å². The molecule has 0 aromatic carbocycles. The highest BCUT2D eigenvalue weighted by Gasteiger charge is 2.10. The van der Waals surface area contributed by atoms with Crippen molar-refractivity contribution in [2.75, 3.05) is 13.7 Å². The van der Waals surface area contributed by atoms with Gasteiger partial charge in [0.2, 0.25) is 0 Å². The van der Waals surface area contributed by atoms with Crippen molar-refractivity contribution >= 4 is 29.9 Å². The minimum atomic E-state index is -0.0696. The third-order valence-electron chi connectivity index (χ3n) is 1.60. The second-order valence-corrected chi connectivity index (χ2v) is 4.43. The molecule has 0 spiro atoms. The number of thiophene rings is 1. The highest BCUT2D eigenvalue weighted by molar-refractivity contribution is 7.80. The van der Waals surface area contributed by atoms with Crippen molar-refractivity contribution in [2.24, 2.45) is 0 Å². The van der Waals surface area contributed by atoms with Crippen LogP contribution in [-0.4, -0.2) is 25.7 Å². The summed E-state index contributed by atoms with van der Waals surface area (Å²) in [6.07, 6.45) is 0. The lowest BCUT2D eigenvalue weighted by Crippen LogP contribution is -2.35. The van der Waals surface area contributed by atoms with Crippen molar-refractivity contribution in [3.05, 3.63) is 16.3 Å². The number of hydrogen-bond acceptors (Lipinski definition) is 4. The Hall–Kier alpha value is -0.520. The quantitative estimate of drug-likeness (QED) is 0.776. The third kappa shape index (κ3) is 3.32. The van der Waals surface area contributed by atoms with Gasteiger partial charge in [0.15, 0.2) is 0 Å². The molecule has 3 nitrogen and oxygen atoms in total. The van der Waals surface area contributed by atoms with Crippen LogP contribution in [0.1, 0.15) is 16.6 Å². The summed E-state index contributed by atoms with van der Waals surface area (Å²) in [4.78, 5) is 13.1. The molecule has 1 aromatic rings. The maximum absolute atomic E-state index is 11.6. The summed E-state index contributed by atoms with van der Waals surface area (Å²) in [5.74, 6) is -0.0696. The first-order valence-electron chi connectivity index (χ1n) is 4.20. The van der Waals surface area contributed by atoms with Crippen molar-refractivity contribution in [3.8, 4) is 0 Å². The lowest BCUT2D eigenvalue weighted by molar-refractivity contribution is 0.0909. The zero-order chi connectivity index (χ0) is 10.6. The lowest BCUT2D eigenvalue weighted by atomic mass is 10.3. The smallest absolute Gasteiger partial charge is 0.261 e. The number of amides is 1. The summed E-state index contributed by atoms with van der Waals surface area (Å²) < 4.78 is 4.92. The van der Waals surface area contributed by atoms with Crippen LogP contribution >= 0.6 is 24.0 Å². The SMILES string of the molecule is COCC(C)NC(=O)c1cc(S)cs1. The Labute approximate surface area is 92.9 Å². The molecule has 0 aliphatic carbocycles. The summed E-state index contributed by atoms with van der Waals surface area (Å²) in [6, 6.07) is 1.78. The molecular formula is C9H13NO2S2. The van der Waals surface area contributed by atoms with E-state index in [4.69, 9.17) is 4.74 Å². The molecular weight excluding hydrogens is 218 g/mol. The molecule has 0 saturated carbocycles. The van der Waals surface area contributed by atoms with Gasteiger partial charge in [-0.2, -0.15) is 0 Å². The number of methoxy groups -OCH3 is 1. The standard InChI is InChI=1S/C9H13NO2S2/c1-6(4-12-2)10-9(11)8-3-7(13)5-14-8/h3,5-6,13H,4H2,1-2H3,(H,10,11). The largest absolute Gasteiger partial charge is 0.383 e. The van der Waals surface area contributed by atoms with E-state index >= 15 is 0 Å². The number of rotatable bonds is 4. The Morgan fingerprint density at radius 1 is 1.79 bits per heavy atom. The maximum Gasteiger partial charge on any atom is 0.261 e. The maximum atomic E-state index is 11.6. The van der Waals surface area contributed by atoms with E-state index in [1.165, 1.54) is 11.3 Å². The van der Waals surface area contributed by atoms with Gasteiger partial charge in [0.1, 0.15) is 0 Å². The first kappa shape index (κ1) is 11.6. The molecule has 1 N–H and O–H groups in total. The summed E-state index contributed by atoms with van der Waals surface area (Å²) >= 11 is 5.53. The highest BCUT2D eigenvalue weighted by atomic mass is 32.1. The average molecular weight is 231 g/mol. The Morgan fingerprint density at radius 2 is 2.50 bits per heavy atom. The summed E-state index contributed by atoms with van der Waals surface area (Å²) in [7, 11) is 1.61. The van der Waals surface area contributed by atoms with Gasteiger partial charge in [-0.25, -0.2) is 0 Å². The van der Waals surface area contributed by atoms with Gasteiger partial charge in [-0.3, -0.25) is 4.79 Å². The fourth-order valence-corrected chi connectivity index (χ4v) is 2.08. The van der Waals surface area contributed by atoms with Crippen LogP contribution in [-0.2, 0) is 4.74 Å². The molecule has 0 bridgehead atoms. The van der Waals surface area contributed by atoms with Crippen molar-refractivity contribution in [1.82, 2.24) is 5.32 Å². The van der Waals surface area contributed by atoms with Crippen LogP contribution in [0, 0.1) is 0 Å². The topological polar surface area (TPSA) is 38.3 Å². The summed E-state index contributed by atoms with van der Waals surface area (Å²) in [6.45, 7) is 2.42. The first-order valence-corrected chi connectivity index (χ1v) is 5.53. The van der Waals surface area contributed by atoms with Crippen LogP contribution in [0.2, 0.25) is 0 Å². The van der Waals surface area contributed by atoms with Gasteiger partial charge in [-0.15, -0.1) is 24.0 Å². The normalized spacial score (nSPS) is 12.5. The molecule has 0 aliphatic heterocycles. The second kappa shape index (κ2) is 5.38. The van der Waals surface area contributed by atoms with Gasteiger partial charge in [0.05, 0.1) is 11.5 Å². The van der Waals surface area contributed by atoms with Gasteiger partial charge in [0.25, 0.3) is 5.91 Å². The van der Waals surface area contributed by atoms with E-state index in [9.17, 15) is 4.79 Å². The molecule has 1 rings (SSSR count). The van der Waals surface area contributed by atoms with Crippen LogP contribution < -0.4 is 5.32 Å². The molecule has 0 aliphatic rings. The van der Waals surface area contributed by atoms with Crippen molar-refractivity contribution in [2.45, 2.75) is 17.9 Å². The van der Waals surface area contributed by atoms with Crippen LogP contribution in [0.3, 0.4) is 0 Å². The van der Waals surface area contributed by atoms with Gasteiger partial charge < -0.3 is 10.1 Å². The predicted molar refractivity (Wildman–Crippen MR) is 60.4 cm³/mol. The molecule has 0 saturated heterocycles. The molecule has 1 amide bonds. The van der Waals surface area contributed by atoms with Crippen LogP contribution in [0.4, 0.5) is 0 Å². The molecule has 5 heteroatoms. The van der Waals surface area contributed by atoms with E-state index in [1.807, 2.05) is 12.3 Å². The second-order valence-electron chi connectivity index (χ2n) is 3.00. The van der Waals surface area contributed by atoms with Crippen molar-refractivity contribution in [3.63, 3.8) is 0 Å². The van der Waals surface area contributed by atoms with E-state index in [0.29, 0.717) is 11.5 Å². The molecule has 0 radical (unpaired) electrons. The fraction of sp³-hybridized carbons (Fsp3) is 0.444. The van der Waals surface area contributed by atoms with Crippen LogP contribution in [0.15, 0.2) is 16.3 Å². The molecule has 14 heavy (non-hydrogen) atoms. The minimum absolute atomic E-state index is 0.0259. The molecule has 0 fully saturated rings. The number of hydrogen-bond donors (Lipinski definition) is 2. The number of carbonyl (C=O) groups is 1. The van der Waals surface area contributed by atoms with E-state index in [1.54, 1.807) is 13.2 Å². The van der Waals surface area contributed by atoms with Gasteiger partial charge in [-0.1, -0.05) is 0 Å². The van der Waals surface area contributed by atoms with E-state index in [-0.39, 0.29) is 11.9 Å². The lowest BCUT2D eigenvalue weighted by Gasteiger charge is -2.11. The fourth-order valence-electron chi connectivity index (χ4n) is 1.03. The van der Waals surface area contributed by atoms with Gasteiger partial charge in [-0.05, 0) is 13.0 Å².